The van der Waals surface area contributed by atoms with Gasteiger partial charge in [0, 0.05) is 26.7 Å². The number of hydrogen-bond acceptors (Lipinski definition) is 3. The van der Waals surface area contributed by atoms with Crippen LogP contribution in [0.4, 0.5) is 0 Å². The molecule has 4 nitrogen and oxygen atoms in total. The fourth-order valence-corrected chi connectivity index (χ4v) is 2.65. The number of amides is 1. The maximum atomic E-state index is 12.1. The van der Waals surface area contributed by atoms with Crippen molar-refractivity contribution in [3.8, 4) is 0 Å². The summed E-state index contributed by atoms with van der Waals surface area (Å²) < 4.78 is 5.10. The standard InChI is InChI=1S/C13H26N2O2/c1-4-10-5-7-11(8-6-10)15(2)13(16)12(9-14)17-3/h10-12H,4-9,14H2,1-3H3. The molecule has 1 aliphatic carbocycles. The Labute approximate surface area is 104 Å². The fraction of sp³-hybridized carbons (Fsp3) is 0.923. The van der Waals surface area contributed by atoms with Gasteiger partial charge in [0.25, 0.3) is 5.91 Å². The summed E-state index contributed by atoms with van der Waals surface area (Å²) in [5.74, 6) is 0.873. The third kappa shape index (κ3) is 3.68. The van der Waals surface area contributed by atoms with Crippen molar-refractivity contribution in [3.63, 3.8) is 0 Å². The van der Waals surface area contributed by atoms with Gasteiger partial charge in [-0.05, 0) is 31.6 Å². The lowest BCUT2D eigenvalue weighted by Crippen LogP contribution is -2.47. The normalized spacial score (nSPS) is 26.6. The van der Waals surface area contributed by atoms with Crippen molar-refractivity contribution in [1.82, 2.24) is 4.90 Å². The molecular weight excluding hydrogens is 216 g/mol. The summed E-state index contributed by atoms with van der Waals surface area (Å²) in [5, 5.41) is 0. The summed E-state index contributed by atoms with van der Waals surface area (Å²) in [6.45, 7) is 2.50. The Balaban J connectivity index is 2.47. The molecule has 2 N–H and O–H groups in total. The number of nitrogens with two attached hydrogens (primary N) is 1. The van der Waals surface area contributed by atoms with Crippen LogP contribution < -0.4 is 5.73 Å². The smallest absolute Gasteiger partial charge is 0.252 e. The van der Waals surface area contributed by atoms with E-state index in [4.69, 9.17) is 10.5 Å². The molecule has 0 aromatic heterocycles. The third-order valence-corrected chi connectivity index (χ3v) is 4.06. The number of methoxy groups -OCH3 is 1. The van der Waals surface area contributed by atoms with Crippen LogP contribution in [0.3, 0.4) is 0 Å². The number of carbonyl (C=O) groups is 1. The number of carbonyl (C=O) groups excluding carboxylic acids is 1. The van der Waals surface area contributed by atoms with E-state index < -0.39 is 6.10 Å². The molecular formula is C13H26N2O2. The monoisotopic (exact) mass is 242 g/mol. The molecule has 4 heteroatoms. The molecule has 0 aliphatic heterocycles. The van der Waals surface area contributed by atoms with Crippen molar-refractivity contribution in [2.75, 3.05) is 20.7 Å². The minimum Gasteiger partial charge on any atom is -0.370 e. The van der Waals surface area contributed by atoms with Gasteiger partial charge in [0.15, 0.2) is 0 Å². The summed E-state index contributed by atoms with van der Waals surface area (Å²) in [4.78, 5) is 13.9. The predicted octanol–water partition coefficient (Wildman–Crippen LogP) is 1.39. The first-order chi connectivity index (χ1) is 8.13. The van der Waals surface area contributed by atoms with E-state index in [0.29, 0.717) is 6.04 Å². The summed E-state index contributed by atoms with van der Waals surface area (Å²) in [7, 11) is 3.41. The molecule has 1 rings (SSSR count). The maximum Gasteiger partial charge on any atom is 0.252 e. The number of nitrogens with zero attached hydrogens (tertiary/aromatic N) is 1. The van der Waals surface area contributed by atoms with Gasteiger partial charge in [-0.2, -0.15) is 0 Å². The number of hydrogen-bond donors (Lipinski definition) is 1. The number of rotatable bonds is 5. The second-order valence-corrected chi connectivity index (χ2v) is 4.99. The van der Waals surface area contributed by atoms with Gasteiger partial charge in [0.1, 0.15) is 6.10 Å². The third-order valence-electron chi connectivity index (χ3n) is 4.06. The zero-order valence-corrected chi connectivity index (χ0v) is 11.3. The summed E-state index contributed by atoms with van der Waals surface area (Å²) in [6.07, 6.45) is 5.47. The zero-order chi connectivity index (χ0) is 12.8. The average molecular weight is 242 g/mol. The lowest BCUT2D eigenvalue weighted by molar-refractivity contribution is -0.142. The molecule has 1 atom stereocenters. The molecule has 1 amide bonds. The minimum atomic E-state index is -0.483. The van der Waals surface area contributed by atoms with Crippen LogP contribution in [-0.2, 0) is 9.53 Å². The molecule has 0 heterocycles. The molecule has 1 fully saturated rings. The van der Waals surface area contributed by atoms with E-state index >= 15 is 0 Å². The SMILES string of the molecule is CCC1CCC(N(C)C(=O)C(CN)OC)CC1. The van der Waals surface area contributed by atoms with Crippen LogP contribution in [0.5, 0.6) is 0 Å². The van der Waals surface area contributed by atoms with Gasteiger partial charge in [-0.25, -0.2) is 0 Å². The first-order valence-corrected chi connectivity index (χ1v) is 6.63. The molecule has 1 unspecified atom stereocenters. The number of ether oxygens (including phenoxy) is 1. The summed E-state index contributed by atoms with van der Waals surface area (Å²) in [5.41, 5.74) is 5.52. The Hall–Kier alpha value is -0.610. The van der Waals surface area contributed by atoms with Crippen molar-refractivity contribution in [2.24, 2.45) is 11.7 Å². The van der Waals surface area contributed by atoms with Crippen molar-refractivity contribution in [3.05, 3.63) is 0 Å². The highest BCUT2D eigenvalue weighted by Gasteiger charge is 2.29. The van der Waals surface area contributed by atoms with Crippen molar-refractivity contribution in [2.45, 2.75) is 51.2 Å². The highest BCUT2D eigenvalue weighted by Crippen LogP contribution is 2.29. The van der Waals surface area contributed by atoms with Crippen LogP contribution >= 0.6 is 0 Å². The highest BCUT2D eigenvalue weighted by molar-refractivity contribution is 5.81. The van der Waals surface area contributed by atoms with Gasteiger partial charge >= 0.3 is 0 Å². The zero-order valence-electron chi connectivity index (χ0n) is 11.3. The van der Waals surface area contributed by atoms with Gasteiger partial charge in [-0.1, -0.05) is 13.3 Å². The Morgan fingerprint density at radius 3 is 2.41 bits per heavy atom. The minimum absolute atomic E-state index is 0.0231. The first-order valence-electron chi connectivity index (χ1n) is 6.63. The van der Waals surface area contributed by atoms with Crippen LogP contribution in [-0.4, -0.2) is 43.7 Å². The first kappa shape index (κ1) is 14.5. The average Bonchev–Trinajstić information content (AvgIpc) is 2.39. The molecule has 17 heavy (non-hydrogen) atoms. The largest absolute Gasteiger partial charge is 0.370 e. The Kier molecular flexibility index (Phi) is 5.92. The maximum absolute atomic E-state index is 12.1. The molecule has 1 aliphatic rings. The fourth-order valence-electron chi connectivity index (χ4n) is 2.65. The van der Waals surface area contributed by atoms with Crippen LogP contribution in [0.1, 0.15) is 39.0 Å². The van der Waals surface area contributed by atoms with E-state index in [2.05, 4.69) is 6.92 Å². The topological polar surface area (TPSA) is 55.6 Å². The molecule has 1 saturated carbocycles. The lowest BCUT2D eigenvalue weighted by Gasteiger charge is -2.35. The molecule has 0 aromatic carbocycles. The van der Waals surface area contributed by atoms with Crippen molar-refractivity contribution < 1.29 is 9.53 Å². The molecule has 0 aromatic rings. The van der Waals surface area contributed by atoms with E-state index in [-0.39, 0.29) is 12.5 Å². The van der Waals surface area contributed by atoms with Gasteiger partial charge in [-0.3, -0.25) is 4.79 Å². The van der Waals surface area contributed by atoms with Crippen LogP contribution in [0.15, 0.2) is 0 Å². The Bertz CT molecular complexity index is 234. The van der Waals surface area contributed by atoms with E-state index in [9.17, 15) is 4.79 Å². The predicted molar refractivity (Wildman–Crippen MR) is 68.7 cm³/mol. The van der Waals surface area contributed by atoms with Gasteiger partial charge in [0.2, 0.25) is 0 Å². The van der Waals surface area contributed by atoms with Crippen molar-refractivity contribution >= 4 is 5.91 Å². The van der Waals surface area contributed by atoms with E-state index in [1.165, 1.54) is 26.4 Å². The van der Waals surface area contributed by atoms with E-state index in [1.807, 2.05) is 11.9 Å². The van der Waals surface area contributed by atoms with Crippen LogP contribution in [0, 0.1) is 5.92 Å². The number of likely N-dealkylation sites (N-methyl/N-ethyl adjacent to an activating group) is 1. The second kappa shape index (κ2) is 6.97. The summed E-state index contributed by atoms with van der Waals surface area (Å²) in [6, 6.07) is 0.370. The molecule has 0 saturated heterocycles. The molecule has 0 bridgehead atoms. The Morgan fingerprint density at radius 2 is 2.00 bits per heavy atom. The van der Waals surface area contributed by atoms with Crippen LogP contribution in [0.2, 0.25) is 0 Å². The Morgan fingerprint density at radius 1 is 1.41 bits per heavy atom. The van der Waals surface area contributed by atoms with Crippen LogP contribution in [0.25, 0.3) is 0 Å². The van der Waals surface area contributed by atoms with E-state index in [0.717, 1.165) is 18.8 Å². The quantitative estimate of drug-likeness (QED) is 0.792. The van der Waals surface area contributed by atoms with Gasteiger partial charge < -0.3 is 15.4 Å². The molecule has 0 radical (unpaired) electrons. The highest BCUT2D eigenvalue weighted by atomic mass is 16.5. The van der Waals surface area contributed by atoms with Gasteiger partial charge in [-0.15, -0.1) is 0 Å². The second-order valence-electron chi connectivity index (χ2n) is 4.99. The molecule has 100 valence electrons. The lowest BCUT2D eigenvalue weighted by atomic mass is 9.84. The van der Waals surface area contributed by atoms with Crippen molar-refractivity contribution in [1.29, 1.82) is 0 Å². The van der Waals surface area contributed by atoms with E-state index in [1.54, 1.807) is 0 Å². The van der Waals surface area contributed by atoms with Gasteiger partial charge in [0.05, 0.1) is 0 Å². The summed E-state index contributed by atoms with van der Waals surface area (Å²) >= 11 is 0. The molecule has 0 spiro atoms.